The number of halogens is 3. The Labute approximate surface area is 149 Å². The van der Waals surface area contributed by atoms with Crippen LogP contribution in [-0.2, 0) is 17.4 Å². The summed E-state index contributed by atoms with van der Waals surface area (Å²) in [6.07, 6.45) is -5.13. The van der Waals surface area contributed by atoms with Crippen LogP contribution < -0.4 is 16.4 Å². The standard InChI is InChI=1S/C15H14F3N5O4/c1-7-10(14(25)20-8(2)19-7)6-13(24)22-21-11-4-3-9(15(16,17)18)5-12(11)23(26)27/h3-5,21H,6H2,1-2H3,(H,22,24)(H,19,20,25). The Kier molecular flexibility index (Phi) is 5.47. The third kappa shape index (κ3) is 4.80. The number of nitrogens with one attached hydrogen (secondary N) is 3. The minimum Gasteiger partial charge on any atom is -0.311 e. The molecule has 27 heavy (non-hydrogen) atoms. The number of anilines is 1. The van der Waals surface area contributed by atoms with Crippen molar-refractivity contribution in [3.8, 4) is 0 Å². The van der Waals surface area contributed by atoms with Crippen LogP contribution in [0.15, 0.2) is 23.0 Å². The molecule has 2 rings (SSSR count). The van der Waals surface area contributed by atoms with Crippen LogP contribution in [0.4, 0.5) is 24.5 Å². The summed E-state index contributed by atoms with van der Waals surface area (Å²) in [5.74, 6) is -0.358. The summed E-state index contributed by atoms with van der Waals surface area (Å²) in [6, 6.07) is 1.82. The van der Waals surface area contributed by atoms with Crippen LogP contribution in [0, 0.1) is 24.0 Å². The van der Waals surface area contributed by atoms with Gasteiger partial charge in [0.2, 0.25) is 5.91 Å². The number of alkyl halides is 3. The molecule has 2 aromatic rings. The number of rotatable bonds is 5. The quantitative estimate of drug-likeness (QED) is 0.533. The van der Waals surface area contributed by atoms with Gasteiger partial charge in [0.05, 0.1) is 16.9 Å². The number of hydrazine groups is 1. The minimum absolute atomic E-state index is 0.0989. The lowest BCUT2D eigenvalue weighted by molar-refractivity contribution is -0.384. The zero-order valence-corrected chi connectivity index (χ0v) is 14.1. The molecule has 3 N–H and O–H groups in total. The third-order valence-electron chi connectivity index (χ3n) is 3.54. The minimum atomic E-state index is -4.75. The van der Waals surface area contributed by atoms with Gasteiger partial charge in [-0.2, -0.15) is 13.2 Å². The number of benzene rings is 1. The largest absolute Gasteiger partial charge is 0.416 e. The maximum atomic E-state index is 12.7. The molecule has 1 amide bonds. The number of carbonyl (C=O) groups is 1. The normalized spacial score (nSPS) is 11.1. The number of hydrogen-bond donors (Lipinski definition) is 3. The van der Waals surface area contributed by atoms with Crippen LogP contribution in [0.2, 0.25) is 0 Å². The van der Waals surface area contributed by atoms with E-state index in [0.29, 0.717) is 23.7 Å². The lowest BCUT2D eigenvalue weighted by atomic mass is 10.1. The molecule has 9 nitrogen and oxygen atoms in total. The van der Waals surface area contributed by atoms with Gasteiger partial charge in [0.1, 0.15) is 11.5 Å². The summed E-state index contributed by atoms with van der Waals surface area (Å²) < 4.78 is 38.0. The summed E-state index contributed by atoms with van der Waals surface area (Å²) in [4.78, 5) is 40.3. The zero-order chi connectivity index (χ0) is 20.4. The average molecular weight is 385 g/mol. The molecular weight excluding hydrogens is 371 g/mol. The van der Waals surface area contributed by atoms with Gasteiger partial charge in [-0.25, -0.2) is 4.98 Å². The summed E-state index contributed by atoms with van der Waals surface area (Å²) >= 11 is 0. The first-order valence-electron chi connectivity index (χ1n) is 7.46. The second-order valence-corrected chi connectivity index (χ2v) is 5.55. The van der Waals surface area contributed by atoms with E-state index in [1.54, 1.807) is 13.8 Å². The third-order valence-corrected chi connectivity index (χ3v) is 3.54. The number of amides is 1. The number of aryl methyl sites for hydroxylation is 2. The van der Waals surface area contributed by atoms with E-state index in [2.05, 4.69) is 20.8 Å². The first-order chi connectivity index (χ1) is 12.5. The number of nitro benzene ring substituents is 1. The second-order valence-electron chi connectivity index (χ2n) is 5.55. The monoisotopic (exact) mass is 385 g/mol. The number of H-pyrrole nitrogens is 1. The smallest absolute Gasteiger partial charge is 0.311 e. The molecular formula is C15H14F3N5O4. The van der Waals surface area contributed by atoms with E-state index < -0.39 is 33.8 Å². The Hall–Kier alpha value is -3.44. The van der Waals surface area contributed by atoms with Crippen molar-refractivity contribution in [2.45, 2.75) is 26.4 Å². The molecule has 12 heteroatoms. The van der Waals surface area contributed by atoms with Gasteiger partial charge in [-0.3, -0.25) is 30.6 Å². The van der Waals surface area contributed by atoms with E-state index in [0.717, 1.165) is 6.07 Å². The molecule has 0 aliphatic heterocycles. The number of nitro groups is 1. The first kappa shape index (κ1) is 19.9. The van der Waals surface area contributed by atoms with E-state index in [4.69, 9.17) is 0 Å². The summed E-state index contributed by atoms with van der Waals surface area (Å²) in [5.41, 5.74) is 1.85. The van der Waals surface area contributed by atoms with Crippen molar-refractivity contribution >= 4 is 17.3 Å². The molecule has 0 atom stereocenters. The summed E-state index contributed by atoms with van der Waals surface area (Å²) in [7, 11) is 0. The molecule has 1 heterocycles. The maximum Gasteiger partial charge on any atom is 0.416 e. The lowest BCUT2D eigenvalue weighted by Crippen LogP contribution is -2.33. The van der Waals surface area contributed by atoms with E-state index in [-0.39, 0.29) is 17.7 Å². The highest BCUT2D eigenvalue weighted by atomic mass is 19.4. The van der Waals surface area contributed by atoms with Gasteiger partial charge in [-0.1, -0.05) is 0 Å². The summed E-state index contributed by atoms with van der Waals surface area (Å²) in [6.45, 7) is 3.11. The molecule has 0 fully saturated rings. The fourth-order valence-electron chi connectivity index (χ4n) is 2.27. The summed E-state index contributed by atoms with van der Waals surface area (Å²) in [5, 5.41) is 11.0. The van der Waals surface area contributed by atoms with E-state index in [9.17, 15) is 32.9 Å². The van der Waals surface area contributed by atoms with Crippen LogP contribution in [0.3, 0.4) is 0 Å². The second kappa shape index (κ2) is 7.43. The van der Waals surface area contributed by atoms with Crippen molar-refractivity contribution < 1.29 is 22.9 Å². The van der Waals surface area contributed by atoms with Crippen LogP contribution >= 0.6 is 0 Å². The number of hydrogen-bond acceptors (Lipinski definition) is 6. The molecule has 0 spiro atoms. The van der Waals surface area contributed by atoms with Crippen molar-refractivity contribution in [1.82, 2.24) is 15.4 Å². The Morgan fingerprint density at radius 2 is 2.00 bits per heavy atom. The van der Waals surface area contributed by atoms with E-state index in [1.807, 2.05) is 0 Å². The molecule has 0 unspecified atom stereocenters. The fourth-order valence-corrected chi connectivity index (χ4v) is 2.27. The van der Waals surface area contributed by atoms with Crippen LogP contribution in [-0.4, -0.2) is 20.8 Å². The predicted molar refractivity (Wildman–Crippen MR) is 87.9 cm³/mol. The molecule has 0 saturated heterocycles. The van der Waals surface area contributed by atoms with Gasteiger partial charge in [0.25, 0.3) is 11.2 Å². The Morgan fingerprint density at radius 3 is 2.56 bits per heavy atom. The molecule has 0 bridgehead atoms. The zero-order valence-electron chi connectivity index (χ0n) is 14.1. The number of carbonyl (C=O) groups excluding carboxylic acids is 1. The highest BCUT2D eigenvalue weighted by Crippen LogP contribution is 2.34. The molecule has 0 aliphatic rings. The Bertz CT molecular complexity index is 955. The maximum absolute atomic E-state index is 12.7. The van der Waals surface area contributed by atoms with Crippen molar-refractivity contribution in [3.63, 3.8) is 0 Å². The highest BCUT2D eigenvalue weighted by molar-refractivity contribution is 5.80. The number of nitrogens with zero attached hydrogens (tertiary/aromatic N) is 2. The Balaban J connectivity index is 2.16. The van der Waals surface area contributed by atoms with Crippen molar-refractivity contribution in [2.24, 2.45) is 0 Å². The number of aromatic nitrogens is 2. The van der Waals surface area contributed by atoms with Gasteiger partial charge in [0, 0.05) is 17.3 Å². The van der Waals surface area contributed by atoms with Gasteiger partial charge in [-0.15, -0.1) is 0 Å². The topological polar surface area (TPSA) is 130 Å². The highest BCUT2D eigenvalue weighted by Gasteiger charge is 2.33. The SMILES string of the molecule is Cc1nc(C)c(CC(=O)NNc2ccc(C(F)(F)F)cc2[N+](=O)[O-])c(=O)[nH]1. The molecule has 144 valence electrons. The average Bonchev–Trinajstić information content (AvgIpc) is 2.55. The molecule has 1 aromatic carbocycles. The molecule has 0 aliphatic carbocycles. The van der Waals surface area contributed by atoms with Gasteiger partial charge >= 0.3 is 6.18 Å². The van der Waals surface area contributed by atoms with Crippen LogP contribution in [0.25, 0.3) is 0 Å². The molecule has 0 radical (unpaired) electrons. The van der Waals surface area contributed by atoms with Gasteiger partial charge in [-0.05, 0) is 26.0 Å². The first-order valence-corrected chi connectivity index (χ1v) is 7.46. The van der Waals surface area contributed by atoms with Crippen LogP contribution in [0.1, 0.15) is 22.6 Å². The van der Waals surface area contributed by atoms with Gasteiger partial charge < -0.3 is 4.98 Å². The lowest BCUT2D eigenvalue weighted by Gasteiger charge is -2.12. The van der Waals surface area contributed by atoms with Crippen molar-refractivity contribution in [1.29, 1.82) is 0 Å². The predicted octanol–water partition coefficient (Wildman–Crippen LogP) is 2.00. The van der Waals surface area contributed by atoms with Gasteiger partial charge in [0.15, 0.2) is 0 Å². The fraction of sp³-hybridized carbons (Fsp3) is 0.267. The molecule has 0 saturated carbocycles. The van der Waals surface area contributed by atoms with E-state index in [1.165, 1.54) is 0 Å². The van der Waals surface area contributed by atoms with Crippen molar-refractivity contribution in [3.05, 3.63) is 61.3 Å². The van der Waals surface area contributed by atoms with Crippen molar-refractivity contribution in [2.75, 3.05) is 5.43 Å². The van der Waals surface area contributed by atoms with Crippen LogP contribution in [0.5, 0.6) is 0 Å². The molecule has 1 aromatic heterocycles. The number of aromatic amines is 1. The van der Waals surface area contributed by atoms with E-state index >= 15 is 0 Å². The Morgan fingerprint density at radius 1 is 1.33 bits per heavy atom.